The smallest absolute Gasteiger partial charge is 0.248 e. The molecule has 0 amide bonds. The number of hydrogen-bond acceptors (Lipinski definition) is 5. The van der Waals surface area contributed by atoms with Crippen LogP contribution in [0.5, 0.6) is 0 Å². The van der Waals surface area contributed by atoms with Gasteiger partial charge in [0.15, 0.2) is 5.65 Å². The molecule has 2 aromatic carbocycles. The van der Waals surface area contributed by atoms with Gasteiger partial charge in [0, 0.05) is 34.7 Å². The average Bonchev–Trinajstić information content (AvgIpc) is 3.13. The molecule has 148 valence electrons. The summed E-state index contributed by atoms with van der Waals surface area (Å²) in [5, 5.41) is 6.73. The number of nitrogens with one attached hydrogen (secondary N) is 1. The first-order chi connectivity index (χ1) is 14.6. The zero-order valence-electron chi connectivity index (χ0n) is 16.1. The summed E-state index contributed by atoms with van der Waals surface area (Å²) in [7, 11) is 1.84. The lowest BCUT2D eigenvalue weighted by Crippen LogP contribution is -2.20. The standard InChI is InChI=1S/C22H17ClN6O/c1-28-21-18(11-26-28)22(25-13-24-21)29(16-6-4-5-15(23)10-16)12-14-9-20(30)27-19-8-3-2-7-17(14)19/h2-11,13H,12H2,1H3,(H,27,30). The van der Waals surface area contributed by atoms with Gasteiger partial charge in [0.05, 0.1) is 18.1 Å². The van der Waals surface area contributed by atoms with E-state index in [1.165, 1.54) is 6.33 Å². The van der Waals surface area contributed by atoms with Crippen LogP contribution in [-0.2, 0) is 13.6 Å². The highest BCUT2D eigenvalue weighted by Crippen LogP contribution is 2.33. The van der Waals surface area contributed by atoms with Crippen molar-refractivity contribution in [1.29, 1.82) is 0 Å². The number of H-pyrrole nitrogens is 1. The molecule has 0 saturated carbocycles. The lowest BCUT2D eigenvalue weighted by molar-refractivity contribution is 0.785. The van der Waals surface area contributed by atoms with E-state index < -0.39 is 0 Å². The molecule has 5 rings (SSSR count). The molecule has 3 heterocycles. The summed E-state index contributed by atoms with van der Waals surface area (Å²) in [4.78, 5) is 26.1. The van der Waals surface area contributed by atoms with Crippen LogP contribution in [0.15, 0.2) is 71.9 Å². The summed E-state index contributed by atoms with van der Waals surface area (Å²) in [6.07, 6.45) is 3.27. The molecule has 0 bridgehead atoms. The predicted molar refractivity (Wildman–Crippen MR) is 118 cm³/mol. The van der Waals surface area contributed by atoms with E-state index >= 15 is 0 Å². The Bertz CT molecular complexity index is 1440. The van der Waals surface area contributed by atoms with Gasteiger partial charge in [-0.15, -0.1) is 0 Å². The molecule has 0 fully saturated rings. The Hall–Kier alpha value is -3.71. The zero-order chi connectivity index (χ0) is 20.7. The number of fused-ring (bicyclic) bond motifs is 2. The summed E-state index contributed by atoms with van der Waals surface area (Å²) in [5.74, 6) is 0.694. The first-order valence-electron chi connectivity index (χ1n) is 9.37. The fourth-order valence-electron chi connectivity index (χ4n) is 3.68. The van der Waals surface area contributed by atoms with E-state index in [1.54, 1.807) is 16.9 Å². The van der Waals surface area contributed by atoms with Crippen molar-refractivity contribution in [3.8, 4) is 0 Å². The van der Waals surface area contributed by atoms with Crippen molar-refractivity contribution in [3.05, 3.63) is 88.1 Å². The van der Waals surface area contributed by atoms with E-state index in [9.17, 15) is 4.79 Å². The number of halogens is 1. The second-order valence-electron chi connectivity index (χ2n) is 6.97. The Labute approximate surface area is 176 Å². The van der Waals surface area contributed by atoms with E-state index in [0.29, 0.717) is 17.4 Å². The molecule has 8 heteroatoms. The van der Waals surface area contributed by atoms with Crippen LogP contribution in [0.3, 0.4) is 0 Å². The summed E-state index contributed by atoms with van der Waals surface area (Å²) >= 11 is 6.29. The molecular weight excluding hydrogens is 400 g/mol. The number of nitrogens with zero attached hydrogens (tertiary/aromatic N) is 5. The van der Waals surface area contributed by atoms with Crippen LogP contribution in [0.1, 0.15) is 5.56 Å². The van der Waals surface area contributed by atoms with Gasteiger partial charge in [-0.1, -0.05) is 35.9 Å². The van der Waals surface area contributed by atoms with E-state index in [2.05, 4.69) is 20.1 Å². The molecule has 0 aliphatic carbocycles. The van der Waals surface area contributed by atoms with Gasteiger partial charge >= 0.3 is 0 Å². The normalized spacial score (nSPS) is 11.3. The molecule has 3 aromatic heterocycles. The van der Waals surface area contributed by atoms with Gasteiger partial charge in [-0.3, -0.25) is 9.48 Å². The largest absolute Gasteiger partial charge is 0.322 e. The Balaban J connectivity index is 1.73. The van der Waals surface area contributed by atoms with Crippen molar-refractivity contribution < 1.29 is 0 Å². The minimum Gasteiger partial charge on any atom is -0.322 e. The first kappa shape index (κ1) is 18.3. The monoisotopic (exact) mass is 416 g/mol. The molecule has 5 aromatic rings. The highest BCUT2D eigenvalue weighted by molar-refractivity contribution is 6.30. The molecule has 0 spiro atoms. The highest BCUT2D eigenvalue weighted by atomic mass is 35.5. The van der Waals surface area contributed by atoms with Crippen molar-refractivity contribution in [1.82, 2.24) is 24.7 Å². The molecular formula is C22H17ClN6O. The van der Waals surface area contributed by atoms with Crippen molar-refractivity contribution in [2.24, 2.45) is 7.05 Å². The van der Waals surface area contributed by atoms with Crippen LogP contribution in [0.25, 0.3) is 21.9 Å². The SMILES string of the molecule is Cn1ncc2c(N(Cc3cc(=O)[nH]c4ccccc34)c3cccc(Cl)c3)ncnc21. The molecule has 1 N–H and O–H groups in total. The van der Waals surface area contributed by atoms with E-state index in [1.807, 2.05) is 60.5 Å². The molecule has 0 saturated heterocycles. The van der Waals surface area contributed by atoms with E-state index in [-0.39, 0.29) is 5.56 Å². The number of anilines is 2. The van der Waals surface area contributed by atoms with Gasteiger partial charge in [-0.05, 0) is 29.8 Å². The third kappa shape index (κ3) is 3.19. The predicted octanol–water partition coefficient (Wildman–Crippen LogP) is 4.20. The number of aromatic nitrogens is 5. The van der Waals surface area contributed by atoms with Crippen LogP contribution in [-0.4, -0.2) is 24.7 Å². The maximum atomic E-state index is 12.3. The highest BCUT2D eigenvalue weighted by Gasteiger charge is 2.19. The molecule has 0 atom stereocenters. The summed E-state index contributed by atoms with van der Waals surface area (Å²) < 4.78 is 1.71. The number of rotatable bonds is 4. The minimum atomic E-state index is -0.149. The molecule has 0 unspecified atom stereocenters. The van der Waals surface area contributed by atoms with Crippen molar-refractivity contribution in [3.63, 3.8) is 0 Å². The second-order valence-corrected chi connectivity index (χ2v) is 7.41. The summed E-state index contributed by atoms with van der Waals surface area (Å²) in [6.45, 7) is 0.422. The summed E-state index contributed by atoms with van der Waals surface area (Å²) in [5.41, 5.74) is 3.10. The van der Waals surface area contributed by atoms with Gasteiger partial charge in [0.2, 0.25) is 5.56 Å². The Kier molecular flexibility index (Phi) is 4.44. The zero-order valence-corrected chi connectivity index (χ0v) is 16.8. The fourth-order valence-corrected chi connectivity index (χ4v) is 3.86. The Morgan fingerprint density at radius 3 is 2.80 bits per heavy atom. The fraction of sp³-hybridized carbons (Fsp3) is 0.0909. The maximum Gasteiger partial charge on any atom is 0.248 e. The van der Waals surface area contributed by atoms with Gasteiger partial charge in [0.25, 0.3) is 0 Å². The van der Waals surface area contributed by atoms with Crippen LogP contribution >= 0.6 is 11.6 Å². The molecule has 0 aliphatic heterocycles. The third-order valence-corrected chi connectivity index (χ3v) is 5.28. The number of hydrogen-bond donors (Lipinski definition) is 1. The Morgan fingerprint density at radius 1 is 1.07 bits per heavy atom. The van der Waals surface area contributed by atoms with Crippen LogP contribution in [0.2, 0.25) is 5.02 Å². The van der Waals surface area contributed by atoms with Crippen molar-refractivity contribution in [2.45, 2.75) is 6.54 Å². The Morgan fingerprint density at radius 2 is 1.93 bits per heavy atom. The van der Waals surface area contributed by atoms with Gasteiger partial charge in [-0.2, -0.15) is 5.10 Å². The van der Waals surface area contributed by atoms with E-state index in [0.717, 1.165) is 33.2 Å². The quantitative estimate of drug-likeness (QED) is 0.475. The number of pyridine rings is 1. The van der Waals surface area contributed by atoms with Gasteiger partial charge in [0.1, 0.15) is 12.1 Å². The molecule has 30 heavy (non-hydrogen) atoms. The molecule has 0 radical (unpaired) electrons. The lowest BCUT2D eigenvalue weighted by atomic mass is 10.1. The van der Waals surface area contributed by atoms with Gasteiger partial charge < -0.3 is 9.88 Å². The van der Waals surface area contributed by atoms with E-state index in [4.69, 9.17) is 11.6 Å². The molecule has 7 nitrogen and oxygen atoms in total. The summed E-state index contributed by atoms with van der Waals surface area (Å²) in [6, 6.07) is 16.9. The average molecular weight is 417 g/mol. The minimum absolute atomic E-state index is 0.149. The number of benzene rings is 2. The maximum absolute atomic E-state index is 12.3. The van der Waals surface area contributed by atoms with Crippen LogP contribution in [0.4, 0.5) is 11.5 Å². The number of aryl methyl sites for hydroxylation is 1. The topological polar surface area (TPSA) is 79.7 Å². The second kappa shape index (κ2) is 7.27. The van der Waals surface area contributed by atoms with Crippen LogP contribution in [0, 0.1) is 0 Å². The first-order valence-corrected chi connectivity index (χ1v) is 9.75. The number of para-hydroxylation sites is 1. The van der Waals surface area contributed by atoms with Crippen molar-refractivity contribution >= 4 is 45.0 Å². The van der Waals surface area contributed by atoms with Gasteiger partial charge in [-0.25, -0.2) is 9.97 Å². The third-order valence-electron chi connectivity index (χ3n) is 5.05. The lowest BCUT2D eigenvalue weighted by Gasteiger charge is -2.25. The van der Waals surface area contributed by atoms with Crippen molar-refractivity contribution in [2.75, 3.05) is 4.90 Å². The van der Waals surface area contributed by atoms with Crippen LogP contribution < -0.4 is 10.5 Å². The molecule has 0 aliphatic rings. The number of aromatic amines is 1.